The van der Waals surface area contributed by atoms with Crippen LogP contribution >= 0.6 is 23.5 Å². The summed E-state index contributed by atoms with van der Waals surface area (Å²) in [5, 5.41) is 16.5. The second kappa shape index (κ2) is 11.8. The minimum absolute atomic E-state index is 0.105. The predicted molar refractivity (Wildman–Crippen MR) is 189 cm³/mol. The SMILES string of the molecule is CC(C)C[C@H]1C(=O)N2CCC[C@H]2[C@]2(O)O[C@](NC(=O)[C@@H]3C=C4c5cccc6[nH]c(C7SCCCS7)c(c56)C[C@H]4N(C)C3)(C(C)C)C(=O)N12. The third-order valence-corrected chi connectivity index (χ3v) is 14.3. The highest BCUT2D eigenvalue weighted by Crippen LogP contribution is 2.51. The van der Waals surface area contributed by atoms with Crippen LogP contribution in [0, 0.1) is 17.8 Å². The Balaban J connectivity index is 1.13. The number of aromatic amines is 1. The van der Waals surface area contributed by atoms with Crippen molar-refractivity contribution in [3.05, 3.63) is 41.1 Å². The van der Waals surface area contributed by atoms with Gasteiger partial charge in [0.15, 0.2) is 0 Å². The quantitative estimate of drug-likeness (QED) is 0.410. The third-order valence-electron chi connectivity index (χ3n) is 11.4. The van der Waals surface area contributed by atoms with Gasteiger partial charge in [-0.3, -0.25) is 28.9 Å². The standard InChI is InChI=1S/C36H47N5O5S2/c1-19(2)15-27-32(43)40-12-7-11-28(40)36(45)41(27)34(44)35(46-36,20(3)4)38-31(42)21-16-23-22-9-6-10-25-29(22)24(17-26(23)39(5)18-21)30(37-25)33-47-13-8-14-48-33/h6,9-10,16,19-21,26-28,33,37,45H,7-8,11-15,17-18H2,1-5H3,(H,38,42)/t21-,26-,27+,28+,35-,36+/m1/s1. The lowest BCUT2D eigenvalue weighted by atomic mass is 9.79. The molecule has 10 nitrogen and oxygen atoms in total. The number of H-pyrrole nitrogens is 1. The number of rotatable bonds is 6. The molecule has 1 aliphatic carbocycles. The Morgan fingerprint density at radius 2 is 1.94 bits per heavy atom. The first-order chi connectivity index (χ1) is 22.9. The van der Waals surface area contributed by atoms with Gasteiger partial charge in [-0.15, -0.1) is 23.5 Å². The third kappa shape index (κ3) is 4.76. The maximum Gasteiger partial charge on any atom is 0.281 e. The highest BCUT2D eigenvalue weighted by molar-refractivity contribution is 8.16. The van der Waals surface area contributed by atoms with E-state index in [1.165, 1.54) is 39.5 Å². The molecule has 6 atom stereocenters. The molecule has 3 N–H and O–H groups in total. The molecule has 0 spiro atoms. The van der Waals surface area contributed by atoms with E-state index < -0.39 is 41.5 Å². The number of likely N-dealkylation sites (N-methyl/N-ethyl adjacent to an activating group) is 1. The summed E-state index contributed by atoms with van der Waals surface area (Å²) < 4.78 is 6.91. The average Bonchev–Trinajstić information content (AvgIpc) is 3.76. The fourth-order valence-corrected chi connectivity index (χ4v) is 12.0. The summed E-state index contributed by atoms with van der Waals surface area (Å²) in [5.41, 5.74) is 4.35. The molecule has 4 saturated heterocycles. The van der Waals surface area contributed by atoms with Crippen LogP contribution in [-0.4, -0.2) is 104 Å². The first-order valence-corrected chi connectivity index (χ1v) is 19.7. The first-order valence-electron chi connectivity index (χ1n) is 17.6. The van der Waals surface area contributed by atoms with E-state index in [1.54, 1.807) is 4.90 Å². The van der Waals surface area contributed by atoms with Gasteiger partial charge in [0.05, 0.1) is 10.5 Å². The van der Waals surface area contributed by atoms with Crippen molar-refractivity contribution < 1.29 is 24.2 Å². The summed E-state index contributed by atoms with van der Waals surface area (Å²) >= 11 is 4.05. The second-order valence-electron chi connectivity index (χ2n) is 15.2. The number of benzene rings is 1. The topological polar surface area (TPSA) is 118 Å². The van der Waals surface area contributed by atoms with Gasteiger partial charge in [0.25, 0.3) is 11.8 Å². The predicted octanol–water partition coefficient (Wildman–Crippen LogP) is 4.30. The normalized spacial score (nSPS) is 33.8. The lowest BCUT2D eigenvalue weighted by Crippen LogP contribution is -2.71. The summed E-state index contributed by atoms with van der Waals surface area (Å²) in [7, 11) is 2.08. The molecule has 6 aliphatic rings. The van der Waals surface area contributed by atoms with Crippen molar-refractivity contribution in [2.45, 2.75) is 94.1 Å². The molecule has 0 saturated carbocycles. The number of thioether (sulfide) groups is 2. The van der Waals surface area contributed by atoms with Crippen LogP contribution in [0.25, 0.3) is 16.5 Å². The summed E-state index contributed by atoms with van der Waals surface area (Å²) in [4.78, 5) is 51.7. The van der Waals surface area contributed by atoms with E-state index in [2.05, 4.69) is 46.5 Å². The Kier molecular flexibility index (Phi) is 8.03. The van der Waals surface area contributed by atoms with Crippen molar-refractivity contribution in [3.8, 4) is 0 Å². The molecule has 1 aromatic heterocycles. The number of carbonyl (C=O) groups excluding carboxylic acids is 3. The van der Waals surface area contributed by atoms with Gasteiger partial charge in [-0.1, -0.05) is 45.9 Å². The zero-order valence-corrected chi connectivity index (χ0v) is 30.1. The molecule has 1 aromatic carbocycles. The largest absolute Gasteiger partial charge is 0.357 e. The molecule has 0 radical (unpaired) electrons. The molecule has 8 rings (SSSR count). The smallest absolute Gasteiger partial charge is 0.281 e. The van der Waals surface area contributed by atoms with Crippen LogP contribution in [0.15, 0.2) is 24.3 Å². The molecule has 5 aliphatic heterocycles. The van der Waals surface area contributed by atoms with Crippen LogP contribution in [0.1, 0.15) is 74.8 Å². The van der Waals surface area contributed by atoms with Gasteiger partial charge in [-0.2, -0.15) is 0 Å². The average molecular weight is 694 g/mol. The molecular formula is C36H47N5O5S2. The summed E-state index contributed by atoms with van der Waals surface area (Å²) in [5.74, 6) is -1.62. The van der Waals surface area contributed by atoms with Gasteiger partial charge in [-0.25, -0.2) is 0 Å². The number of piperazine rings is 1. The fourth-order valence-electron chi connectivity index (χ4n) is 9.07. The Labute approximate surface area is 290 Å². The molecule has 12 heteroatoms. The summed E-state index contributed by atoms with van der Waals surface area (Å²) in [6, 6.07) is 5.02. The van der Waals surface area contributed by atoms with Crippen LogP contribution in [0.4, 0.5) is 0 Å². The van der Waals surface area contributed by atoms with Crippen molar-refractivity contribution in [1.82, 2.24) is 25.0 Å². The van der Waals surface area contributed by atoms with Crippen molar-refractivity contribution in [2.75, 3.05) is 31.6 Å². The number of nitrogens with one attached hydrogen (secondary N) is 2. The number of aliphatic hydroxyl groups is 1. The molecule has 258 valence electrons. The van der Waals surface area contributed by atoms with Crippen LogP contribution in [0.2, 0.25) is 0 Å². The van der Waals surface area contributed by atoms with E-state index in [1.807, 2.05) is 51.2 Å². The number of aromatic nitrogens is 1. The Morgan fingerprint density at radius 3 is 2.67 bits per heavy atom. The van der Waals surface area contributed by atoms with Crippen molar-refractivity contribution >= 4 is 57.7 Å². The van der Waals surface area contributed by atoms with Crippen molar-refractivity contribution in [3.63, 3.8) is 0 Å². The summed E-state index contributed by atoms with van der Waals surface area (Å²) in [6.45, 7) is 8.65. The maximum atomic E-state index is 14.6. The molecule has 0 unspecified atom stereocenters. The Hall–Kier alpha value is -2.51. The fraction of sp³-hybridized carbons (Fsp3) is 0.639. The minimum Gasteiger partial charge on any atom is -0.357 e. The minimum atomic E-state index is -2.01. The number of ether oxygens (including phenoxy) is 1. The van der Waals surface area contributed by atoms with Gasteiger partial charge in [0.2, 0.25) is 17.5 Å². The van der Waals surface area contributed by atoms with Crippen LogP contribution in [0.3, 0.4) is 0 Å². The van der Waals surface area contributed by atoms with Gasteiger partial charge < -0.3 is 20.3 Å². The lowest BCUT2D eigenvalue weighted by Gasteiger charge is -2.49. The molecule has 4 fully saturated rings. The number of fused-ring (bicyclic) bond motifs is 5. The summed E-state index contributed by atoms with van der Waals surface area (Å²) in [6.07, 6.45) is 5.86. The molecule has 48 heavy (non-hydrogen) atoms. The zero-order valence-electron chi connectivity index (χ0n) is 28.5. The van der Waals surface area contributed by atoms with E-state index >= 15 is 0 Å². The number of hydrogen-bond acceptors (Lipinski definition) is 8. The van der Waals surface area contributed by atoms with Crippen LogP contribution in [-0.2, 0) is 25.5 Å². The van der Waals surface area contributed by atoms with Gasteiger partial charge in [-0.05, 0) is 79.3 Å². The van der Waals surface area contributed by atoms with E-state index in [0.29, 0.717) is 30.5 Å². The van der Waals surface area contributed by atoms with Gasteiger partial charge >= 0.3 is 0 Å². The number of hydrogen-bond donors (Lipinski definition) is 3. The number of carbonyl (C=O) groups is 3. The van der Waals surface area contributed by atoms with E-state index in [9.17, 15) is 19.5 Å². The molecular weight excluding hydrogens is 647 g/mol. The highest BCUT2D eigenvalue weighted by Gasteiger charge is 2.72. The first kappa shape index (κ1) is 32.7. The van der Waals surface area contributed by atoms with E-state index in [-0.39, 0.29) is 23.8 Å². The Bertz CT molecular complexity index is 1700. The second-order valence-corrected chi connectivity index (χ2v) is 17.9. The van der Waals surface area contributed by atoms with E-state index in [4.69, 9.17) is 4.74 Å². The van der Waals surface area contributed by atoms with Gasteiger partial charge in [0, 0.05) is 41.6 Å². The van der Waals surface area contributed by atoms with Crippen LogP contribution in [0.5, 0.6) is 0 Å². The lowest BCUT2D eigenvalue weighted by molar-refractivity contribution is -0.322. The Morgan fingerprint density at radius 1 is 1.17 bits per heavy atom. The number of amides is 3. The van der Waals surface area contributed by atoms with Crippen molar-refractivity contribution in [2.24, 2.45) is 17.8 Å². The van der Waals surface area contributed by atoms with Crippen LogP contribution < -0.4 is 5.32 Å². The molecule has 6 heterocycles. The highest BCUT2D eigenvalue weighted by atomic mass is 32.2. The van der Waals surface area contributed by atoms with Gasteiger partial charge in [0.1, 0.15) is 12.1 Å². The molecule has 2 aromatic rings. The zero-order chi connectivity index (χ0) is 33.7. The van der Waals surface area contributed by atoms with Crippen molar-refractivity contribution in [1.29, 1.82) is 0 Å². The molecule has 3 amide bonds. The maximum absolute atomic E-state index is 14.6. The molecule has 0 bridgehead atoms. The number of nitrogens with zero attached hydrogens (tertiary/aromatic N) is 3. The van der Waals surface area contributed by atoms with E-state index in [0.717, 1.165) is 29.5 Å². The monoisotopic (exact) mass is 693 g/mol.